The van der Waals surface area contributed by atoms with Gasteiger partial charge in [-0.15, -0.1) is 0 Å². The number of hydrogen-bond acceptors (Lipinski definition) is 6. The number of rotatable bonds is 40. The highest BCUT2D eigenvalue weighted by molar-refractivity contribution is 5.69. The van der Waals surface area contributed by atoms with Gasteiger partial charge in [0.15, 0.2) is 0 Å². The van der Waals surface area contributed by atoms with Crippen molar-refractivity contribution < 1.29 is 24.2 Å². The van der Waals surface area contributed by atoms with E-state index >= 15 is 0 Å². The van der Waals surface area contributed by atoms with Crippen LogP contribution in [0.5, 0.6) is 0 Å². The molecule has 6 nitrogen and oxygen atoms in total. The van der Waals surface area contributed by atoms with Crippen LogP contribution in [0.2, 0.25) is 0 Å². The summed E-state index contributed by atoms with van der Waals surface area (Å²) < 4.78 is 10.9. The van der Waals surface area contributed by atoms with E-state index in [2.05, 4.69) is 13.8 Å². The molecule has 286 valence electrons. The van der Waals surface area contributed by atoms with Gasteiger partial charge in [0.05, 0.1) is 6.61 Å². The zero-order chi connectivity index (χ0) is 35.0. The molecule has 0 bridgehead atoms. The van der Waals surface area contributed by atoms with Gasteiger partial charge < -0.3 is 14.6 Å². The quantitative estimate of drug-likeness (QED) is 0.0512. The molecule has 0 saturated heterocycles. The first-order chi connectivity index (χ1) is 23.6. The molecule has 0 unspecified atom stereocenters. The fourth-order valence-electron chi connectivity index (χ4n) is 6.48. The van der Waals surface area contributed by atoms with Crippen molar-refractivity contribution in [2.75, 3.05) is 39.5 Å². The van der Waals surface area contributed by atoms with E-state index in [1.54, 1.807) is 0 Å². The van der Waals surface area contributed by atoms with Crippen molar-refractivity contribution in [3.63, 3.8) is 0 Å². The summed E-state index contributed by atoms with van der Waals surface area (Å²) in [6.45, 7) is 6.76. The van der Waals surface area contributed by atoms with Crippen LogP contribution in [0.3, 0.4) is 0 Å². The molecule has 0 aromatic rings. The van der Waals surface area contributed by atoms with Crippen molar-refractivity contribution in [2.24, 2.45) is 0 Å². The van der Waals surface area contributed by atoms with Crippen molar-refractivity contribution in [3.05, 3.63) is 0 Å². The number of esters is 2. The first-order valence-corrected chi connectivity index (χ1v) is 21.3. The van der Waals surface area contributed by atoms with Gasteiger partial charge in [-0.05, 0) is 12.8 Å². The monoisotopic (exact) mass is 682 g/mol. The summed E-state index contributed by atoms with van der Waals surface area (Å²) in [4.78, 5) is 26.3. The summed E-state index contributed by atoms with van der Waals surface area (Å²) in [5, 5.41) is 9.40. The molecule has 6 heteroatoms. The number of aliphatic hydroxyl groups is 1. The van der Waals surface area contributed by atoms with Gasteiger partial charge in [-0.25, -0.2) is 0 Å². The van der Waals surface area contributed by atoms with Crippen LogP contribution in [0.25, 0.3) is 0 Å². The normalized spacial score (nSPS) is 11.4. The Morgan fingerprint density at radius 2 is 0.646 bits per heavy atom. The van der Waals surface area contributed by atoms with Crippen molar-refractivity contribution in [1.29, 1.82) is 0 Å². The SMILES string of the molecule is CCCCCCCCCCCCCCCCCC(=O)OCCN(CCO)CCOC(=O)CCCCCCCCCCCCCCCCC. The second kappa shape index (κ2) is 40.3. The molecule has 0 aromatic carbocycles. The van der Waals surface area contributed by atoms with Gasteiger partial charge >= 0.3 is 11.9 Å². The lowest BCUT2D eigenvalue weighted by Crippen LogP contribution is -2.34. The number of unbranched alkanes of at least 4 members (excludes halogenated alkanes) is 28. The van der Waals surface area contributed by atoms with Gasteiger partial charge in [0, 0.05) is 32.5 Å². The third-order valence-electron chi connectivity index (χ3n) is 9.73. The minimum atomic E-state index is -0.136. The molecule has 0 radical (unpaired) electrons. The van der Waals surface area contributed by atoms with Gasteiger partial charge in [0.2, 0.25) is 0 Å². The van der Waals surface area contributed by atoms with Crippen molar-refractivity contribution in [2.45, 2.75) is 219 Å². The Balaban J connectivity index is 3.56. The molecule has 48 heavy (non-hydrogen) atoms. The maximum absolute atomic E-state index is 12.1. The predicted octanol–water partition coefficient (Wildman–Crippen LogP) is 11.9. The fourth-order valence-corrected chi connectivity index (χ4v) is 6.48. The summed E-state index contributed by atoms with van der Waals surface area (Å²) in [6.07, 6.45) is 40.3. The Morgan fingerprint density at radius 3 is 0.896 bits per heavy atom. The van der Waals surface area contributed by atoms with Crippen LogP contribution in [-0.2, 0) is 19.1 Å². The molecule has 0 aliphatic carbocycles. The average molecular weight is 682 g/mol. The Morgan fingerprint density at radius 1 is 0.396 bits per heavy atom. The Labute approximate surface area is 299 Å². The second-order valence-electron chi connectivity index (χ2n) is 14.4. The summed E-state index contributed by atoms with van der Waals surface area (Å²) in [5.74, 6) is -0.271. The number of ether oxygens (including phenoxy) is 2. The minimum Gasteiger partial charge on any atom is -0.464 e. The van der Waals surface area contributed by atoms with E-state index in [4.69, 9.17) is 9.47 Å². The third kappa shape index (κ3) is 37.7. The largest absolute Gasteiger partial charge is 0.464 e. The van der Waals surface area contributed by atoms with Crippen LogP contribution >= 0.6 is 0 Å². The average Bonchev–Trinajstić information content (AvgIpc) is 3.08. The first kappa shape index (κ1) is 46.9. The highest BCUT2D eigenvalue weighted by atomic mass is 16.5. The fraction of sp³-hybridized carbons (Fsp3) is 0.952. The first-order valence-electron chi connectivity index (χ1n) is 21.3. The molecule has 0 aliphatic heterocycles. The summed E-state index contributed by atoms with van der Waals surface area (Å²) in [7, 11) is 0. The zero-order valence-corrected chi connectivity index (χ0v) is 32.4. The van der Waals surface area contributed by atoms with Gasteiger partial charge in [-0.1, -0.05) is 194 Å². The van der Waals surface area contributed by atoms with E-state index < -0.39 is 0 Å². The van der Waals surface area contributed by atoms with E-state index in [1.165, 1.54) is 167 Å². The number of aliphatic hydroxyl groups excluding tert-OH is 1. The van der Waals surface area contributed by atoms with Crippen molar-refractivity contribution in [1.82, 2.24) is 4.90 Å². The van der Waals surface area contributed by atoms with Gasteiger partial charge in [-0.2, -0.15) is 0 Å². The van der Waals surface area contributed by atoms with E-state index in [1.807, 2.05) is 4.90 Å². The smallest absolute Gasteiger partial charge is 0.305 e. The Kier molecular flexibility index (Phi) is 39.3. The highest BCUT2D eigenvalue weighted by Gasteiger charge is 2.09. The summed E-state index contributed by atoms with van der Waals surface area (Å²) >= 11 is 0. The molecule has 0 spiro atoms. The molecule has 0 heterocycles. The predicted molar refractivity (Wildman–Crippen MR) is 205 cm³/mol. The Hall–Kier alpha value is -1.14. The Bertz CT molecular complexity index is 606. The van der Waals surface area contributed by atoms with Gasteiger partial charge in [0.25, 0.3) is 0 Å². The highest BCUT2D eigenvalue weighted by Crippen LogP contribution is 2.15. The van der Waals surface area contributed by atoms with Gasteiger partial charge in [-0.3, -0.25) is 14.5 Å². The second-order valence-corrected chi connectivity index (χ2v) is 14.4. The lowest BCUT2D eigenvalue weighted by Gasteiger charge is -2.20. The van der Waals surface area contributed by atoms with Crippen molar-refractivity contribution >= 4 is 11.9 Å². The van der Waals surface area contributed by atoms with E-state index in [0.29, 0.717) is 45.7 Å². The van der Waals surface area contributed by atoms with Gasteiger partial charge in [0.1, 0.15) is 13.2 Å². The molecular formula is C42H83NO5. The summed E-state index contributed by atoms with van der Waals surface area (Å²) in [6, 6.07) is 0. The van der Waals surface area contributed by atoms with Crippen LogP contribution in [0.15, 0.2) is 0 Å². The molecular weight excluding hydrogens is 598 g/mol. The summed E-state index contributed by atoms with van der Waals surface area (Å²) in [5.41, 5.74) is 0. The molecule has 0 rings (SSSR count). The topological polar surface area (TPSA) is 76.1 Å². The molecule has 0 fully saturated rings. The van der Waals surface area contributed by atoms with E-state index in [-0.39, 0.29) is 18.5 Å². The van der Waals surface area contributed by atoms with Crippen LogP contribution in [-0.4, -0.2) is 61.4 Å². The van der Waals surface area contributed by atoms with E-state index in [0.717, 1.165) is 25.7 Å². The minimum absolute atomic E-state index is 0.0279. The molecule has 0 aromatic heterocycles. The molecule has 0 saturated carbocycles. The van der Waals surface area contributed by atoms with Crippen LogP contribution in [0.4, 0.5) is 0 Å². The van der Waals surface area contributed by atoms with E-state index in [9.17, 15) is 14.7 Å². The molecule has 0 aliphatic rings. The number of carbonyl (C=O) groups is 2. The van der Waals surface area contributed by atoms with Crippen LogP contribution in [0, 0.1) is 0 Å². The number of carbonyl (C=O) groups excluding carboxylic acids is 2. The maximum atomic E-state index is 12.1. The standard InChI is InChI=1S/C42H83NO5/c1-3-5-7-9-11-13-15-17-19-21-23-25-27-29-31-33-41(45)47-39-36-43(35-38-44)37-40-48-42(46)34-32-30-28-26-24-22-20-18-16-14-12-10-8-6-4-2/h44H,3-40H2,1-2H3. The van der Waals surface area contributed by atoms with Crippen LogP contribution in [0.1, 0.15) is 219 Å². The maximum Gasteiger partial charge on any atom is 0.305 e. The number of hydrogen-bond donors (Lipinski definition) is 1. The number of nitrogens with zero attached hydrogens (tertiary/aromatic N) is 1. The lowest BCUT2D eigenvalue weighted by atomic mass is 10.0. The lowest BCUT2D eigenvalue weighted by molar-refractivity contribution is -0.144. The zero-order valence-electron chi connectivity index (χ0n) is 32.4. The van der Waals surface area contributed by atoms with Crippen LogP contribution < -0.4 is 0 Å². The molecule has 1 N–H and O–H groups in total. The molecule has 0 amide bonds. The molecule has 0 atom stereocenters. The third-order valence-corrected chi connectivity index (χ3v) is 9.73. The van der Waals surface area contributed by atoms with Crippen molar-refractivity contribution in [3.8, 4) is 0 Å².